The molecule has 0 N–H and O–H groups in total. The second-order valence-corrected chi connectivity index (χ2v) is 9.93. The predicted molar refractivity (Wildman–Crippen MR) is 133 cm³/mol. The number of para-hydroxylation sites is 1. The first kappa shape index (κ1) is 29.4. The summed E-state index contributed by atoms with van der Waals surface area (Å²) in [5.41, 5.74) is 4.13. The molecule has 0 aliphatic rings. The van der Waals surface area contributed by atoms with Crippen molar-refractivity contribution in [2.24, 2.45) is 0 Å². The third-order valence-electron chi connectivity index (χ3n) is 5.98. The number of rotatable bonds is 11. The Morgan fingerprint density at radius 3 is 1.21 bits per heavy atom. The van der Waals surface area contributed by atoms with Crippen LogP contribution >= 0.6 is 0 Å². The number of benzene rings is 3. The van der Waals surface area contributed by atoms with Crippen LogP contribution in [0.25, 0.3) is 0 Å². The Balaban J connectivity index is 0.00000272. The Morgan fingerprint density at radius 1 is 0.515 bits per heavy atom. The molecule has 3 aromatic carbocycles. The fraction of sp³-hybridized carbons (Fsp3) is 0.357. The van der Waals surface area contributed by atoms with Gasteiger partial charge in [0.1, 0.15) is 13.1 Å². The summed E-state index contributed by atoms with van der Waals surface area (Å²) < 4.78 is 1.96. The van der Waals surface area contributed by atoms with Gasteiger partial charge in [-0.1, -0.05) is 78.9 Å². The minimum Gasteiger partial charge on any atom is -1.00 e. The highest BCUT2D eigenvalue weighted by Crippen LogP contribution is 2.17. The van der Waals surface area contributed by atoms with Crippen molar-refractivity contribution < 1.29 is 42.9 Å². The summed E-state index contributed by atoms with van der Waals surface area (Å²) in [7, 11) is 9.36. The summed E-state index contributed by atoms with van der Waals surface area (Å²) in [6, 6.07) is 32.6. The van der Waals surface area contributed by atoms with Gasteiger partial charge in [0.05, 0.1) is 54.4 Å². The normalized spacial score (nSPS) is 11.3. The van der Waals surface area contributed by atoms with E-state index in [1.807, 2.05) is 0 Å². The van der Waals surface area contributed by atoms with Crippen LogP contribution < -0.4 is 38.9 Å². The monoisotopic (exact) mass is 575 g/mol. The lowest BCUT2D eigenvalue weighted by atomic mass is 10.2. The van der Waals surface area contributed by atoms with Crippen molar-refractivity contribution in [3.05, 3.63) is 102 Å². The maximum absolute atomic E-state index is 2.57. The summed E-state index contributed by atoms with van der Waals surface area (Å²) in [5, 5.41) is 0. The lowest BCUT2D eigenvalue weighted by Gasteiger charge is -2.36. The van der Waals surface area contributed by atoms with Crippen LogP contribution in [0.5, 0.6) is 0 Å². The van der Waals surface area contributed by atoms with Crippen LogP contribution in [0.1, 0.15) is 11.1 Å². The van der Waals surface area contributed by atoms with Gasteiger partial charge in [-0.15, -0.1) is 0 Å². The van der Waals surface area contributed by atoms with E-state index in [1.165, 1.54) is 16.8 Å². The first-order valence-corrected chi connectivity index (χ1v) is 11.3. The van der Waals surface area contributed by atoms with Crippen LogP contribution in [0.3, 0.4) is 0 Å². The molecule has 0 heterocycles. The van der Waals surface area contributed by atoms with E-state index in [-0.39, 0.29) is 34.0 Å². The molecule has 0 aliphatic heterocycles. The van der Waals surface area contributed by atoms with E-state index in [1.54, 1.807) is 0 Å². The first-order valence-electron chi connectivity index (χ1n) is 11.3. The maximum Gasteiger partial charge on any atom is 0.104 e. The van der Waals surface area contributed by atoms with Crippen LogP contribution in [0.4, 0.5) is 5.69 Å². The molecule has 0 saturated heterocycles. The third-order valence-corrected chi connectivity index (χ3v) is 5.98. The summed E-state index contributed by atoms with van der Waals surface area (Å²) in [4.78, 5) is 2.57. The molecule has 0 unspecified atom stereocenters. The van der Waals surface area contributed by atoms with E-state index in [2.05, 4.69) is 124 Å². The van der Waals surface area contributed by atoms with Gasteiger partial charge in [-0.05, 0) is 12.1 Å². The second kappa shape index (κ2) is 13.9. The van der Waals surface area contributed by atoms with Crippen LogP contribution in [0.2, 0.25) is 0 Å². The number of hydrogen-bond donors (Lipinski definition) is 0. The second-order valence-electron chi connectivity index (χ2n) is 9.93. The zero-order valence-electron chi connectivity index (χ0n) is 20.5. The van der Waals surface area contributed by atoms with Gasteiger partial charge in [0.25, 0.3) is 0 Å². The van der Waals surface area contributed by atoms with Crippen molar-refractivity contribution in [2.45, 2.75) is 13.1 Å². The Hall–Kier alpha value is -1.66. The molecule has 0 aromatic heterocycles. The molecule has 180 valence electrons. The largest absolute Gasteiger partial charge is 1.00 e. The topological polar surface area (TPSA) is 3.24 Å². The van der Waals surface area contributed by atoms with E-state index in [0.29, 0.717) is 0 Å². The molecule has 33 heavy (non-hydrogen) atoms. The molecule has 0 fully saturated rings. The zero-order chi connectivity index (χ0) is 22.2. The van der Waals surface area contributed by atoms with Gasteiger partial charge in [-0.25, -0.2) is 0 Å². The van der Waals surface area contributed by atoms with Crippen molar-refractivity contribution >= 4 is 5.69 Å². The molecule has 0 aliphatic carbocycles. The average Bonchev–Trinajstić information content (AvgIpc) is 2.75. The number of anilines is 1. The van der Waals surface area contributed by atoms with Gasteiger partial charge < -0.3 is 47.8 Å². The van der Waals surface area contributed by atoms with Crippen LogP contribution in [-0.4, -0.2) is 63.3 Å². The van der Waals surface area contributed by atoms with Crippen LogP contribution in [0, 0.1) is 0 Å². The predicted octanol–water partition coefficient (Wildman–Crippen LogP) is -0.946. The Labute approximate surface area is 222 Å². The minimum absolute atomic E-state index is 0. The molecule has 0 atom stereocenters. The number of halogens is 2. The molecule has 0 amide bonds. The van der Waals surface area contributed by atoms with Gasteiger partial charge in [-0.2, -0.15) is 0 Å². The number of quaternary nitrogens is 2. The average molecular weight is 577 g/mol. The SMILES string of the molecule is C[N+](C)(CCN(CC[N+](C)(C)Cc1ccccc1)c1ccccc1)Cc1ccccc1.[Br-].[Br-]. The maximum atomic E-state index is 2.57. The fourth-order valence-corrected chi connectivity index (χ4v) is 4.11. The van der Waals surface area contributed by atoms with Gasteiger partial charge in [0, 0.05) is 16.8 Å². The molecule has 3 nitrogen and oxygen atoms in total. The van der Waals surface area contributed by atoms with E-state index < -0.39 is 0 Å². The van der Waals surface area contributed by atoms with Gasteiger partial charge in [-0.3, -0.25) is 0 Å². The van der Waals surface area contributed by atoms with Gasteiger partial charge in [0.2, 0.25) is 0 Å². The summed E-state index contributed by atoms with van der Waals surface area (Å²) >= 11 is 0. The lowest BCUT2D eigenvalue weighted by Crippen LogP contribution is -3.00. The van der Waals surface area contributed by atoms with Crippen molar-refractivity contribution in [1.82, 2.24) is 0 Å². The molecular formula is C28H39Br2N3. The quantitative estimate of drug-likeness (QED) is 0.266. The summed E-state index contributed by atoms with van der Waals surface area (Å²) in [5.74, 6) is 0. The lowest BCUT2D eigenvalue weighted by molar-refractivity contribution is -0.903. The highest BCUT2D eigenvalue weighted by Gasteiger charge is 2.21. The van der Waals surface area contributed by atoms with E-state index >= 15 is 0 Å². The van der Waals surface area contributed by atoms with Crippen LogP contribution in [-0.2, 0) is 13.1 Å². The smallest absolute Gasteiger partial charge is 0.104 e. The molecule has 0 saturated carbocycles. The zero-order valence-corrected chi connectivity index (χ0v) is 23.7. The molecule has 0 spiro atoms. The Bertz CT molecular complexity index is 843. The number of likely N-dealkylation sites (N-methyl/N-ethyl adjacent to an activating group) is 2. The standard InChI is InChI=1S/C28H39N3.2BrH/c1-30(2,24-26-14-8-5-9-15-26)22-20-29(28-18-12-7-13-19-28)21-23-31(3,4)25-27-16-10-6-11-17-27;;/h5-19H,20-25H2,1-4H3;2*1H/q+2;;/p-2. The molecule has 3 aromatic rings. The summed E-state index contributed by atoms with van der Waals surface area (Å²) in [6.07, 6.45) is 0. The highest BCUT2D eigenvalue weighted by atomic mass is 79.9. The fourth-order valence-electron chi connectivity index (χ4n) is 4.11. The molecule has 3 rings (SSSR count). The van der Waals surface area contributed by atoms with Crippen molar-refractivity contribution in [3.8, 4) is 0 Å². The first-order chi connectivity index (χ1) is 14.8. The molecule has 0 bridgehead atoms. The van der Waals surface area contributed by atoms with Crippen molar-refractivity contribution in [1.29, 1.82) is 0 Å². The van der Waals surface area contributed by atoms with Crippen molar-refractivity contribution in [3.63, 3.8) is 0 Å². The number of nitrogens with zero attached hydrogens (tertiary/aromatic N) is 3. The van der Waals surface area contributed by atoms with E-state index in [0.717, 1.165) is 48.2 Å². The Kier molecular flexibility index (Phi) is 12.4. The van der Waals surface area contributed by atoms with E-state index in [4.69, 9.17) is 0 Å². The minimum atomic E-state index is 0. The van der Waals surface area contributed by atoms with Gasteiger partial charge >= 0.3 is 0 Å². The molecule has 0 radical (unpaired) electrons. The third kappa shape index (κ3) is 10.4. The van der Waals surface area contributed by atoms with Crippen molar-refractivity contribution in [2.75, 3.05) is 59.3 Å². The molecular weight excluding hydrogens is 538 g/mol. The van der Waals surface area contributed by atoms with Crippen LogP contribution in [0.15, 0.2) is 91.0 Å². The van der Waals surface area contributed by atoms with Gasteiger partial charge in [0.15, 0.2) is 0 Å². The number of hydrogen-bond acceptors (Lipinski definition) is 1. The molecule has 5 heteroatoms. The highest BCUT2D eigenvalue weighted by molar-refractivity contribution is 5.45. The summed E-state index contributed by atoms with van der Waals surface area (Å²) in [6.45, 7) is 6.42. The Morgan fingerprint density at radius 2 is 0.848 bits per heavy atom. The van der Waals surface area contributed by atoms with E-state index in [9.17, 15) is 0 Å².